The van der Waals surface area contributed by atoms with Crippen LogP contribution >= 0.6 is 0 Å². The number of aromatic nitrogens is 3. The lowest BCUT2D eigenvalue weighted by Crippen LogP contribution is -2.39. The Morgan fingerprint density at radius 3 is 2.69 bits per heavy atom. The highest BCUT2D eigenvalue weighted by atomic mass is 19.4. The van der Waals surface area contributed by atoms with Gasteiger partial charge in [-0.25, -0.2) is 9.50 Å². The number of hydrogen-bond acceptors (Lipinski definition) is 3. The molecule has 1 aliphatic heterocycles. The van der Waals surface area contributed by atoms with E-state index in [0.29, 0.717) is 17.8 Å². The Labute approximate surface area is 148 Å². The van der Waals surface area contributed by atoms with Crippen LogP contribution in [-0.4, -0.2) is 44.2 Å². The monoisotopic (exact) mass is 370 g/mol. The predicted octanol–water partition coefficient (Wildman–Crippen LogP) is 2.37. The summed E-state index contributed by atoms with van der Waals surface area (Å²) in [6.07, 6.45) is -3.86. The lowest BCUT2D eigenvalue weighted by Gasteiger charge is -2.26. The number of amides is 1. The Balaban J connectivity index is 1.74. The second-order valence-electron chi connectivity index (χ2n) is 6.84. The minimum atomic E-state index is -4.28. The molecular weight excluding hydrogens is 349 g/mol. The van der Waals surface area contributed by atoms with Crippen molar-refractivity contribution in [1.82, 2.24) is 19.5 Å². The molecule has 0 radical (unpaired) electrons. The third-order valence-electron chi connectivity index (χ3n) is 5.29. The summed E-state index contributed by atoms with van der Waals surface area (Å²) >= 11 is 0. The second kappa shape index (κ2) is 6.44. The lowest BCUT2D eigenvalue weighted by molar-refractivity contribution is -0.179. The molecule has 2 aromatic rings. The van der Waals surface area contributed by atoms with Crippen LogP contribution in [-0.2, 0) is 11.2 Å². The van der Waals surface area contributed by atoms with Crippen molar-refractivity contribution in [2.24, 2.45) is 5.92 Å². The summed E-state index contributed by atoms with van der Waals surface area (Å²) in [5.41, 5.74) is 2.53. The summed E-state index contributed by atoms with van der Waals surface area (Å²) < 4.78 is 40.5. The van der Waals surface area contributed by atoms with Crippen LogP contribution in [0.2, 0.25) is 0 Å². The van der Waals surface area contributed by atoms with Crippen LogP contribution in [0.1, 0.15) is 36.7 Å². The third kappa shape index (κ3) is 3.22. The highest BCUT2D eigenvalue weighted by molar-refractivity contribution is 5.77. The predicted molar refractivity (Wildman–Crippen MR) is 88.9 cm³/mol. The van der Waals surface area contributed by atoms with Gasteiger partial charge in [-0.05, 0) is 39.2 Å². The van der Waals surface area contributed by atoms with Gasteiger partial charge >= 0.3 is 6.18 Å². The number of halogens is 3. The molecule has 9 heteroatoms. The molecule has 0 saturated carbocycles. The minimum Gasteiger partial charge on any atom is -0.339 e. The number of rotatable bonds is 3. The van der Waals surface area contributed by atoms with Gasteiger partial charge in [0.2, 0.25) is 5.91 Å². The molecule has 0 bridgehead atoms. The first kappa shape index (κ1) is 18.5. The smallest absolute Gasteiger partial charge is 0.339 e. The molecule has 0 spiro atoms. The zero-order chi connectivity index (χ0) is 19.2. The average Bonchev–Trinajstić information content (AvgIpc) is 3.09. The Morgan fingerprint density at radius 2 is 2.08 bits per heavy atom. The van der Waals surface area contributed by atoms with Crippen LogP contribution in [0, 0.1) is 19.8 Å². The normalized spacial score (nSPS) is 20.9. The van der Waals surface area contributed by atoms with E-state index in [1.165, 1.54) is 17.9 Å². The molecule has 26 heavy (non-hydrogen) atoms. The number of aromatic amines is 1. The number of hydrogen-bond donors (Lipinski definition) is 1. The lowest BCUT2D eigenvalue weighted by atomic mass is 10.0. The van der Waals surface area contributed by atoms with Crippen molar-refractivity contribution >= 4 is 11.6 Å². The second-order valence-corrected chi connectivity index (χ2v) is 6.84. The number of carbonyl (C=O) groups is 1. The van der Waals surface area contributed by atoms with E-state index in [9.17, 15) is 22.8 Å². The van der Waals surface area contributed by atoms with Crippen LogP contribution in [0.5, 0.6) is 0 Å². The molecule has 2 atom stereocenters. The van der Waals surface area contributed by atoms with Gasteiger partial charge in [0.1, 0.15) is 0 Å². The molecule has 0 aromatic carbocycles. The number of carbonyl (C=O) groups excluding carboxylic acids is 1. The van der Waals surface area contributed by atoms with Crippen molar-refractivity contribution in [2.45, 2.75) is 52.3 Å². The van der Waals surface area contributed by atoms with Gasteiger partial charge in [-0.1, -0.05) is 0 Å². The number of nitrogens with one attached hydrogen (secondary N) is 1. The molecule has 142 valence electrons. The number of fused-ring (bicyclic) bond motifs is 1. The van der Waals surface area contributed by atoms with E-state index in [-0.39, 0.29) is 30.9 Å². The van der Waals surface area contributed by atoms with Crippen LogP contribution in [0.3, 0.4) is 0 Å². The van der Waals surface area contributed by atoms with E-state index in [0.717, 1.165) is 11.3 Å². The number of alkyl halides is 3. The maximum atomic E-state index is 13.0. The molecule has 1 N–H and O–H groups in total. The van der Waals surface area contributed by atoms with Crippen molar-refractivity contribution in [2.75, 3.05) is 6.54 Å². The quantitative estimate of drug-likeness (QED) is 0.902. The van der Waals surface area contributed by atoms with Crippen LogP contribution in [0.4, 0.5) is 13.2 Å². The Morgan fingerprint density at radius 1 is 1.38 bits per heavy atom. The largest absolute Gasteiger partial charge is 0.393 e. The van der Waals surface area contributed by atoms with Gasteiger partial charge in [0.05, 0.1) is 5.92 Å². The maximum absolute atomic E-state index is 13.0. The molecule has 2 aromatic heterocycles. The van der Waals surface area contributed by atoms with Gasteiger partial charge in [-0.2, -0.15) is 13.2 Å². The number of H-pyrrole nitrogens is 1. The Bertz CT molecular complexity index is 900. The van der Waals surface area contributed by atoms with Crippen molar-refractivity contribution in [3.63, 3.8) is 0 Å². The Kier molecular flexibility index (Phi) is 4.58. The van der Waals surface area contributed by atoms with Crippen LogP contribution in [0.25, 0.3) is 5.65 Å². The fraction of sp³-hybridized carbons (Fsp3) is 0.588. The average molecular weight is 370 g/mol. The van der Waals surface area contributed by atoms with Gasteiger partial charge in [0.15, 0.2) is 5.65 Å². The van der Waals surface area contributed by atoms with Crippen LogP contribution in [0.15, 0.2) is 10.9 Å². The first-order chi connectivity index (χ1) is 12.1. The van der Waals surface area contributed by atoms with Crippen molar-refractivity contribution in [3.8, 4) is 0 Å². The van der Waals surface area contributed by atoms with Gasteiger partial charge in [0.25, 0.3) is 5.56 Å². The zero-order valence-corrected chi connectivity index (χ0v) is 14.9. The van der Waals surface area contributed by atoms with E-state index in [1.54, 1.807) is 11.4 Å². The van der Waals surface area contributed by atoms with Gasteiger partial charge < -0.3 is 4.90 Å². The fourth-order valence-corrected chi connectivity index (χ4v) is 3.82. The minimum absolute atomic E-state index is 0.0490. The molecule has 0 aliphatic carbocycles. The molecule has 3 rings (SSSR count). The summed E-state index contributed by atoms with van der Waals surface area (Å²) in [4.78, 5) is 29.6. The highest BCUT2D eigenvalue weighted by Gasteiger charge is 2.49. The van der Waals surface area contributed by atoms with Gasteiger partial charge in [-0.3, -0.25) is 14.7 Å². The molecule has 1 saturated heterocycles. The summed E-state index contributed by atoms with van der Waals surface area (Å²) in [6, 6.07) is 0.545. The molecule has 1 aliphatic rings. The topological polar surface area (TPSA) is 70.5 Å². The van der Waals surface area contributed by atoms with E-state index in [2.05, 4.69) is 10.1 Å². The zero-order valence-electron chi connectivity index (χ0n) is 14.9. The van der Waals surface area contributed by atoms with E-state index in [4.69, 9.17) is 0 Å². The van der Waals surface area contributed by atoms with Crippen molar-refractivity contribution in [3.05, 3.63) is 33.4 Å². The SMILES string of the molecule is Cc1nc2cc(=O)[nH]n2c(C)c1CCC(=O)N1CCC(C(F)(F)F)C1C. The Hall–Kier alpha value is -2.32. The maximum Gasteiger partial charge on any atom is 0.393 e. The number of likely N-dealkylation sites (tertiary alicyclic amines) is 1. The van der Waals surface area contributed by atoms with Gasteiger partial charge in [-0.15, -0.1) is 0 Å². The first-order valence-corrected chi connectivity index (χ1v) is 8.53. The molecule has 1 amide bonds. The molecule has 1 fully saturated rings. The fourth-order valence-electron chi connectivity index (χ4n) is 3.82. The summed E-state index contributed by atoms with van der Waals surface area (Å²) in [5, 5.41) is 2.64. The summed E-state index contributed by atoms with van der Waals surface area (Å²) in [7, 11) is 0. The van der Waals surface area contributed by atoms with Gasteiger partial charge in [0, 0.05) is 36.5 Å². The summed E-state index contributed by atoms with van der Waals surface area (Å²) in [5.74, 6) is -1.75. The molecule has 3 heterocycles. The third-order valence-corrected chi connectivity index (χ3v) is 5.29. The van der Waals surface area contributed by atoms with E-state index < -0.39 is 18.1 Å². The van der Waals surface area contributed by atoms with E-state index >= 15 is 0 Å². The van der Waals surface area contributed by atoms with Crippen molar-refractivity contribution < 1.29 is 18.0 Å². The molecule has 6 nitrogen and oxygen atoms in total. The highest BCUT2D eigenvalue weighted by Crippen LogP contribution is 2.38. The molecule has 2 unspecified atom stereocenters. The first-order valence-electron chi connectivity index (χ1n) is 8.53. The standard InChI is InChI=1S/C17H21F3N4O2/c1-9-12(10(2)24-14(21-9)8-15(25)22-24)4-5-16(26)23-7-6-13(11(23)3)17(18,19)20/h8,11,13H,4-7H2,1-3H3,(H,22,25). The number of aryl methyl sites for hydroxylation is 2. The number of nitrogens with zero attached hydrogens (tertiary/aromatic N) is 3. The summed E-state index contributed by atoms with van der Waals surface area (Å²) in [6.45, 7) is 5.19. The van der Waals surface area contributed by atoms with E-state index in [1.807, 2.05) is 6.92 Å². The van der Waals surface area contributed by atoms with Crippen LogP contribution < -0.4 is 5.56 Å². The molecular formula is C17H21F3N4O2. The van der Waals surface area contributed by atoms with Crippen molar-refractivity contribution in [1.29, 1.82) is 0 Å².